The number of aromatic nitrogens is 1. The van der Waals surface area contributed by atoms with Gasteiger partial charge in [0.15, 0.2) is 0 Å². The van der Waals surface area contributed by atoms with Crippen LogP contribution in [0.1, 0.15) is 18.9 Å². The second-order valence-electron chi connectivity index (χ2n) is 3.87. The Hall–Kier alpha value is -1.28. The van der Waals surface area contributed by atoms with E-state index >= 15 is 0 Å². The van der Waals surface area contributed by atoms with E-state index in [1.54, 1.807) is 0 Å². The first-order valence-electron chi connectivity index (χ1n) is 5.08. The first-order valence-corrected chi connectivity index (χ1v) is 5.08. The highest BCUT2D eigenvalue weighted by Gasteiger charge is 2.02. The van der Waals surface area contributed by atoms with E-state index in [0.29, 0.717) is 0 Å². The monoisotopic (exact) mass is 188 g/mol. The lowest BCUT2D eigenvalue weighted by Gasteiger charge is -2.05. The van der Waals surface area contributed by atoms with Crippen molar-refractivity contribution in [3.63, 3.8) is 0 Å². The normalized spacial score (nSPS) is 13.3. The van der Waals surface area contributed by atoms with Crippen LogP contribution < -0.4 is 5.73 Å². The van der Waals surface area contributed by atoms with E-state index in [9.17, 15) is 0 Å². The van der Waals surface area contributed by atoms with Crippen molar-refractivity contribution in [3.8, 4) is 0 Å². The molecule has 0 unspecified atom stereocenters. The molecule has 0 fully saturated rings. The van der Waals surface area contributed by atoms with Crippen molar-refractivity contribution < 1.29 is 0 Å². The summed E-state index contributed by atoms with van der Waals surface area (Å²) >= 11 is 0. The van der Waals surface area contributed by atoms with Gasteiger partial charge in [0.05, 0.1) is 0 Å². The number of fused-ring (bicyclic) bond motifs is 1. The minimum Gasteiger partial charge on any atom is -0.361 e. The molecule has 2 nitrogen and oxygen atoms in total. The molecule has 3 N–H and O–H groups in total. The number of nitrogens with one attached hydrogen (secondary N) is 1. The fourth-order valence-electron chi connectivity index (χ4n) is 1.74. The first kappa shape index (κ1) is 9.28. The molecule has 2 aromatic rings. The quantitative estimate of drug-likeness (QED) is 0.763. The van der Waals surface area contributed by atoms with Crippen LogP contribution in [0.4, 0.5) is 0 Å². The van der Waals surface area contributed by atoms with Crippen molar-refractivity contribution in [3.05, 3.63) is 36.0 Å². The van der Waals surface area contributed by atoms with E-state index in [1.165, 1.54) is 16.5 Å². The smallest absolute Gasteiger partial charge is 0.0486 e. The predicted octanol–water partition coefficient (Wildman–Crippen LogP) is 2.45. The van der Waals surface area contributed by atoms with Gasteiger partial charge >= 0.3 is 0 Å². The highest BCUT2D eigenvalue weighted by molar-refractivity contribution is 5.82. The number of H-pyrrole nitrogens is 1. The summed E-state index contributed by atoms with van der Waals surface area (Å²) in [6.07, 6.45) is 4.08. The number of para-hydroxylation sites is 1. The summed E-state index contributed by atoms with van der Waals surface area (Å²) in [7, 11) is 0. The number of hydrogen-bond acceptors (Lipinski definition) is 1. The molecular weight excluding hydrogens is 172 g/mol. The number of benzene rings is 1. The van der Waals surface area contributed by atoms with Gasteiger partial charge in [-0.3, -0.25) is 0 Å². The van der Waals surface area contributed by atoms with Gasteiger partial charge in [-0.05, 0) is 36.8 Å². The third-order valence-corrected chi connectivity index (χ3v) is 2.54. The number of rotatable bonds is 3. The largest absolute Gasteiger partial charge is 0.361 e. The van der Waals surface area contributed by atoms with Crippen LogP contribution in [0.15, 0.2) is 30.5 Å². The molecule has 1 aromatic heterocycles. The zero-order chi connectivity index (χ0) is 9.97. The predicted molar refractivity (Wildman–Crippen MR) is 60.3 cm³/mol. The molecule has 0 aliphatic heterocycles. The van der Waals surface area contributed by atoms with Gasteiger partial charge in [0.25, 0.3) is 0 Å². The molecule has 2 rings (SSSR count). The number of aromatic amines is 1. The molecule has 1 atom stereocenters. The third kappa shape index (κ3) is 1.80. The van der Waals surface area contributed by atoms with Crippen LogP contribution in [0.5, 0.6) is 0 Å². The van der Waals surface area contributed by atoms with Crippen molar-refractivity contribution in [1.82, 2.24) is 4.98 Å². The van der Waals surface area contributed by atoms with Gasteiger partial charge in [0, 0.05) is 17.8 Å². The Kier molecular flexibility index (Phi) is 2.55. The first-order chi connectivity index (χ1) is 6.77. The van der Waals surface area contributed by atoms with E-state index in [1.807, 2.05) is 6.20 Å². The molecule has 0 aliphatic carbocycles. The SMILES string of the molecule is C[C@H](N)CCc1cccc2cc[nH]c12. The molecule has 2 heteroatoms. The summed E-state index contributed by atoms with van der Waals surface area (Å²) in [5.74, 6) is 0. The van der Waals surface area contributed by atoms with Crippen molar-refractivity contribution in [2.75, 3.05) is 0 Å². The van der Waals surface area contributed by atoms with Crippen LogP contribution in [0.25, 0.3) is 10.9 Å². The van der Waals surface area contributed by atoms with Crippen molar-refractivity contribution in [2.45, 2.75) is 25.8 Å². The molecular formula is C12H16N2. The fraction of sp³-hybridized carbons (Fsp3) is 0.333. The maximum Gasteiger partial charge on any atom is 0.0486 e. The van der Waals surface area contributed by atoms with Crippen LogP contribution in [0.3, 0.4) is 0 Å². The average Bonchev–Trinajstić information content (AvgIpc) is 2.62. The zero-order valence-corrected chi connectivity index (χ0v) is 8.46. The second-order valence-corrected chi connectivity index (χ2v) is 3.87. The second kappa shape index (κ2) is 3.84. The Morgan fingerprint density at radius 3 is 3.00 bits per heavy atom. The highest BCUT2D eigenvalue weighted by atomic mass is 14.7. The molecule has 0 bridgehead atoms. The average molecular weight is 188 g/mol. The summed E-state index contributed by atoms with van der Waals surface area (Å²) < 4.78 is 0. The maximum atomic E-state index is 5.75. The van der Waals surface area contributed by atoms with Gasteiger partial charge in [-0.1, -0.05) is 18.2 Å². The summed E-state index contributed by atoms with van der Waals surface area (Å²) in [5.41, 5.74) is 8.37. The molecule has 1 heterocycles. The lowest BCUT2D eigenvalue weighted by molar-refractivity contribution is 0.667. The Bertz CT molecular complexity index is 415. The topological polar surface area (TPSA) is 41.8 Å². The Morgan fingerprint density at radius 2 is 2.21 bits per heavy atom. The van der Waals surface area contributed by atoms with Crippen LogP contribution >= 0.6 is 0 Å². The third-order valence-electron chi connectivity index (χ3n) is 2.54. The molecule has 0 aliphatic rings. The molecule has 0 spiro atoms. The summed E-state index contributed by atoms with van der Waals surface area (Å²) in [6.45, 7) is 2.05. The molecule has 0 amide bonds. The number of nitrogens with two attached hydrogens (primary N) is 1. The van der Waals surface area contributed by atoms with Gasteiger partial charge in [-0.15, -0.1) is 0 Å². The molecule has 0 radical (unpaired) electrons. The van der Waals surface area contributed by atoms with Crippen molar-refractivity contribution >= 4 is 10.9 Å². The van der Waals surface area contributed by atoms with Crippen LogP contribution in [0.2, 0.25) is 0 Å². The minimum atomic E-state index is 0.278. The fourth-order valence-corrected chi connectivity index (χ4v) is 1.74. The standard InChI is InChI=1S/C12H16N2/c1-9(13)5-6-10-3-2-4-11-7-8-14-12(10)11/h2-4,7-9,14H,5-6,13H2,1H3/t9-/m0/s1. The van der Waals surface area contributed by atoms with E-state index < -0.39 is 0 Å². The lowest BCUT2D eigenvalue weighted by atomic mass is 10.0. The lowest BCUT2D eigenvalue weighted by Crippen LogP contribution is -2.15. The van der Waals surface area contributed by atoms with Gasteiger partial charge < -0.3 is 10.7 Å². The van der Waals surface area contributed by atoms with Gasteiger partial charge in [-0.2, -0.15) is 0 Å². The summed E-state index contributed by atoms with van der Waals surface area (Å²) in [6, 6.07) is 8.78. The number of aryl methyl sites for hydroxylation is 1. The van der Waals surface area contributed by atoms with E-state index in [2.05, 4.69) is 36.2 Å². The zero-order valence-electron chi connectivity index (χ0n) is 8.46. The molecule has 1 aromatic carbocycles. The Balaban J connectivity index is 2.27. The van der Waals surface area contributed by atoms with Gasteiger partial charge in [0.2, 0.25) is 0 Å². The van der Waals surface area contributed by atoms with E-state index in [-0.39, 0.29) is 6.04 Å². The van der Waals surface area contributed by atoms with Crippen LogP contribution in [-0.2, 0) is 6.42 Å². The van der Waals surface area contributed by atoms with E-state index in [4.69, 9.17) is 5.73 Å². The Morgan fingerprint density at radius 1 is 1.36 bits per heavy atom. The van der Waals surface area contributed by atoms with Crippen molar-refractivity contribution in [2.24, 2.45) is 5.73 Å². The van der Waals surface area contributed by atoms with Gasteiger partial charge in [-0.25, -0.2) is 0 Å². The molecule has 74 valence electrons. The summed E-state index contributed by atoms with van der Waals surface area (Å²) in [5, 5.41) is 1.28. The van der Waals surface area contributed by atoms with E-state index in [0.717, 1.165) is 12.8 Å². The Labute approximate surface area is 84.1 Å². The van der Waals surface area contributed by atoms with Gasteiger partial charge in [0.1, 0.15) is 0 Å². The van der Waals surface area contributed by atoms with Crippen LogP contribution in [0, 0.1) is 0 Å². The molecule has 0 saturated heterocycles. The number of hydrogen-bond donors (Lipinski definition) is 2. The highest BCUT2D eigenvalue weighted by Crippen LogP contribution is 2.18. The molecule has 14 heavy (non-hydrogen) atoms. The summed E-state index contributed by atoms with van der Waals surface area (Å²) in [4.78, 5) is 3.27. The maximum absolute atomic E-state index is 5.75. The van der Waals surface area contributed by atoms with Crippen LogP contribution in [-0.4, -0.2) is 11.0 Å². The molecule has 0 saturated carbocycles. The van der Waals surface area contributed by atoms with Crippen molar-refractivity contribution in [1.29, 1.82) is 0 Å². The minimum absolute atomic E-state index is 0.278.